The lowest BCUT2D eigenvalue weighted by Crippen LogP contribution is -2.16. The number of H-pyrrole nitrogens is 1. The van der Waals surface area contributed by atoms with Crippen molar-refractivity contribution in [2.45, 2.75) is 38.4 Å². The van der Waals surface area contributed by atoms with Crippen LogP contribution in [0, 0.1) is 12.8 Å². The zero-order valence-corrected chi connectivity index (χ0v) is 18.3. The van der Waals surface area contributed by atoms with E-state index in [9.17, 15) is 13.2 Å². The molecule has 1 aliphatic rings. The third-order valence-corrected chi connectivity index (χ3v) is 6.78. The number of ether oxygens (including phenoxy) is 1. The third kappa shape index (κ3) is 4.52. The molecule has 1 aliphatic heterocycles. The van der Waals surface area contributed by atoms with Crippen LogP contribution in [-0.4, -0.2) is 37.3 Å². The van der Waals surface area contributed by atoms with E-state index in [1.807, 2.05) is 35.7 Å². The van der Waals surface area contributed by atoms with Crippen LogP contribution in [0.25, 0.3) is 16.8 Å². The van der Waals surface area contributed by atoms with Gasteiger partial charge in [0.2, 0.25) is 0 Å². The molecule has 0 radical (unpaired) electrons. The summed E-state index contributed by atoms with van der Waals surface area (Å²) < 4.78 is 31.1. The number of rotatable bonds is 6. The summed E-state index contributed by atoms with van der Waals surface area (Å²) >= 11 is 0. The first-order chi connectivity index (χ1) is 14.3. The average molecular weight is 429 g/mol. The number of sulfone groups is 1. The molecule has 0 unspecified atom stereocenters. The van der Waals surface area contributed by atoms with Gasteiger partial charge < -0.3 is 14.1 Å². The van der Waals surface area contributed by atoms with E-state index in [-0.39, 0.29) is 11.3 Å². The Morgan fingerprint density at radius 3 is 2.70 bits per heavy atom. The second kappa shape index (κ2) is 8.40. The van der Waals surface area contributed by atoms with E-state index >= 15 is 0 Å². The Kier molecular flexibility index (Phi) is 5.84. The van der Waals surface area contributed by atoms with Gasteiger partial charge in [-0.1, -0.05) is 12.1 Å². The first-order valence-corrected chi connectivity index (χ1v) is 12.4. The van der Waals surface area contributed by atoms with Gasteiger partial charge in [-0.15, -0.1) is 0 Å². The predicted octanol–water partition coefficient (Wildman–Crippen LogP) is 3.51. The van der Waals surface area contributed by atoms with Crippen molar-refractivity contribution in [1.82, 2.24) is 9.38 Å². The van der Waals surface area contributed by atoms with Crippen LogP contribution < -0.4 is 5.56 Å². The number of hydrogen-bond donors (Lipinski definition) is 1. The predicted molar refractivity (Wildman–Crippen MR) is 119 cm³/mol. The van der Waals surface area contributed by atoms with Gasteiger partial charge in [-0.05, 0) is 67.3 Å². The van der Waals surface area contributed by atoms with E-state index in [0.29, 0.717) is 11.4 Å². The maximum atomic E-state index is 12.3. The minimum Gasteiger partial charge on any atom is -0.381 e. The van der Waals surface area contributed by atoms with Crippen LogP contribution in [-0.2, 0) is 26.7 Å². The van der Waals surface area contributed by atoms with Crippen molar-refractivity contribution in [3.63, 3.8) is 0 Å². The molecule has 1 fully saturated rings. The van der Waals surface area contributed by atoms with Gasteiger partial charge in [0, 0.05) is 37.4 Å². The van der Waals surface area contributed by atoms with E-state index in [0.717, 1.165) is 61.3 Å². The quantitative estimate of drug-likeness (QED) is 0.652. The second-order valence-electron chi connectivity index (χ2n) is 8.38. The summed E-state index contributed by atoms with van der Waals surface area (Å²) in [5.74, 6) is 0.652. The van der Waals surface area contributed by atoms with Crippen LogP contribution in [0.5, 0.6) is 0 Å². The molecular formula is C23H28N2O4S. The standard InChI is InChI=1S/C23H28N2O4S/c1-16-13-21(25-10-9-24-23(26)22(16)25)20-14-18(15-30(2,27)28)4-6-19(20)5-3-17-7-11-29-12-8-17/h4,6,9-10,13-14,17H,3,5,7-8,11-12,15H2,1-2H3,(H,24,26). The highest BCUT2D eigenvalue weighted by atomic mass is 32.2. The molecule has 0 saturated carbocycles. The van der Waals surface area contributed by atoms with Gasteiger partial charge in [-0.2, -0.15) is 0 Å². The van der Waals surface area contributed by atoms with E-state index in [4.69, 9.17) is 4.74 Å². The maximum Gasteiger partial charge on any atom is 0.272 e. The van der Waals surface area contributed by atoms with Gasteiger partial charge in [0.15, 0.2) is 9.84 Å². The fourth-order valence-corrected chi connectivity index (χ4v) is 5.21. The SMILES string of the molecule is Cc1cc(-c2cc(CS(C)(=O)=O)ccc2CCC2CCOCC2)n2cc[nH]c(=O)c12. The second-order valence-corrected chi connectivity index (χ2v) is 10.5. The lowest BCUT2D eigenvalue weighted by molar-refractivity contribution is 0.0640. The Morgan fingerprint density at radius 1 is 1.20 bits per heavy atom. The first-order valence-electron chi connectivity index (χ1n) is 10.4. The van der Waals surface area contributed by atoms with Gasteiger partial charge in [0.1, 0.15) is 5.52 Å². The molecule has 3 aromatic rings. The van der Waals surface area contributed by atoms with Crippen molar-refractivity contribution >= 4 is 15.4 Å². The fraction of sp³-hybridized carbons (Fsp3) is 0.435. The third-order valence-electron chi connectivity index (χ3n) is 5.92. The van der Waals surface area contributed by atoms with E-state index in [1.54, 1.807) is 6.20 Å². The summed E-state index contributed by atoms with van der Waals surface area (Å²) in [6, 6.07) is 7.96. The Balaban J connectivity index is 1.78. The summed E-state index contributed by atoms with van der Waals surface area (Å²) in [4.78, 5) is 15.1. The highest BCUT2D eigenvalue weighted by Gasteiger charge is 2.18. The van der Waals surface area contributed by atoms with Crippen LogP contribution in [0.3, 0.4) is 0 Å². The van der Waals surface area contributed by atoms with E-state index in [2.05, 4.69) is 11.1 Å². The van der Waals surface area contributed by atoms with Gasteiger partial charge in [0.25, 0.3) is 5.56 Å². The molecule has 1 saturated heterocycles. The summed E-state index contributed by atoms with van der Waals surface area (Å²) in [5.41, 5.74) is 5.26. The molecule has 1 aromatic carbocycles. The molecule has 0 amide bonds. The summed E-state index contributed by atoms with van der Waals surface area (Å²) in [5, 5.41) is 0. The van der Waals surface area contributed by atoms with Gasteiger partial charge in [-0.3, -0.25) is 4.79 Å². The largest absolute Gasteiger partial charge is 0.381 e. The van der Waals surface area contributed by atoms with Crippen molar-refractivity contribution < 1.29 is 13.2 Å². The molecule has 7 heteroatoms. The number of aromatic nitrogens is 2. The number of aromatic amines is 1. The number of nitrogens with zero attached hydrogens (tertiary/aromatic N) is 1. The van der Waals surface area contributed by atoms with Crippen molar-refractivity contribution in [2.24, 2.45) is 5.92 Å². The van der Waals surface area contributed by atoms with Crippen LogP contribution in [0.2, 0.25) is 0 Å². The first kappa shape index (κ1) is 20.9. The maximum absolute atomic E-state index is 12.3. The zero-order chi connectivity index (χ0) is 21.3. The molecule has 0 spiro atoms. The Hall–Kier alpha value is -2.38. The molecular weight excluding hydrogens is 400 g/mol. The minimum absolute atomic E-state index is 0.00309. The lowest BCUT2D eigenvalue weighted by atomic mass is 9.90. The Labute approximate surface area is 176 Å². The van der Waals surface area contributed by atoms with Crippen molar-refractivity contribution in [3.8, 4) is 11.3 Å². The van der Waals surface area contributed by atoms with Gasteiger partial charge in [-0.25, -0.2) is 8.42 Å². The normalized spacial score (nSPS) is 15.7. The van der Waals surface area contributed by atoms with E-state index in [1.165, 1.54) is 11.8 Å². The smallest absolute Gasteiger partial charge is 0.272 e. The number of fused-ring (bicyclic) bond motifs is 1. The topological polar surface area (TPSA) is 80.6 Å². The Bertz CT molecular complexity index is 1220. The van der Waals surface area contributed by atoms with Crippen molar-refractivity contribution in [3.05, 3.63) is 63.7 Å². The van der Waals surface area contributed by atoms with Crippen LogP contribution in [0.4, 0.5) is 0 Å². The highest BCUT2D eigenvalue weighted by molar-refractivity contribution is 7.89. The molecule has 160 valence electrons. The molecule has 1 N–H and O–H groups in total. The van der Waals surface area contributed by atoms with Crippen molar-refractivity contribution in [1.29, 1.82) is 0 Å². The van der Waals surface area contributed by atoms with Crippen LogP contribution in [0.15, 0.2) is 41.5 Å². The number of nitrogens with one attached hydrogen (secondary N) is 1. The molecule has 4 rings (SSSR count). The number of benzene rings is 1. The van der Waals surface area contributed by atoms with Crippen LogP contribution >= 0.6 is 0 Å². The minimum atomic E-state index is -3.14. The van der Waals surface area contributed by atoms with Crippen molar-refractivity contribution in [2.75, 3.05) is 19.5 Å². The summed E-state index contributed by atoms with van der Waals surface area (Å²) in [6.45, 7) is 3.59. The molecule has 6 nitrogen and oxygen atoms in total. The molecule has 0 bridgehead atoms. The average Bonchev–Trinajstić information content (AvgIpc) is 3.04. The molecule has 30 heavy (non-hydrogen) atoms. The summed E-state index contributed by atoms with van der Waals surface area (Å²) in [6.07, 6.45) is 8.90. The van der Waals surface area contributed by atoms with Gasteiger partial charge >= 0.3 is 0 Å². The number of hydrogen-bond acceptors (Lipinski definition) is 4. The van der Waals surface area contributed by atoms with Gasteiger partial charge in [0.05, 0.1) is 11.4 Å². The number of aryl methyl sites for hydroxylation is 2. The Morgan fingerprint density at radius 2 is 1.97 bits per heavy atom. The highest BCUT2D eigenvalue weighted by Crippen LogP contribution is 2.31. The lowest BCUT2D eigenvalue weighted by Gasteiger charge is -2.22. The molecule has 3 heterocycles. The monoisotopic (exact) mass is 428 g/mol. The van der Waals surface area contributed by atoms with E-state index < -0.39 is 9.84 Å². The fourth-order valence-electron chi connectivity index (χ4n) is 4.43. The van der Waals surface area contributed by atoms with Crippen LogP contribution in [0.1, 0.15) is 36.0 Å². The summed E-state index contributed by atoms with van der Waals surface area (Å²) in [7, 11) is -3.14. The molecule has 0 aliphatic carbocycles. The molecule has 0 atom stereocenters. The zero-order valence-electron chi connectivity index (χ0n) is 17.5. The molecule has 2 aromatic heterocycles.